The largest absolute Gasteiger partial charge is 0.338 e. The van der Waals surface area contributed by atoms with Gasteiger partial charge in [0.2, 0.25) is 0 Å². The van der Waals surface area contributed by atoms with Gasteiger partial charge in [0.05, 0.1) is 23.1 Å². The average Bonchev–Trinajstić information content (AvgIpc) is 2.94. The van der Waals surface area contributed by atoms with Crippen molar-refractivity contribution in [3.05, 3.63) is 83.7 Å². The van der Waals surface area contributed by atoms with Crippen LogP contribution < -0.4 is 0 Å². The molecule has 1 atom stereocenters. The normalized spacial score (nSPS) is 17.5. The van der Waals surface area contributed by atoms with Crippen molar-refractivity contribution < 1.29 is 4.79 Å². The number of aromatic nitrogens is 2. The second-order valence-corrected chi connectivity index (χ2v) is 8.05. The summed E-state index contributed by atoms with van der Waals surface area (Å²) < 4.78 is 1.84. The minimum atomic E-state index is 0.0870. The van der Waals surface area contributed by atoms with E-state index < -0.39 is 0 Å². The first-order chi connectivity index (χ1) is 13.2. The van der Waals surface area contributed by atoms with Crippen molar-refractivity contribution in [1.29, 1.82) is 0 Å². The fourth-order valence-corrected chi connectivity index (χ4v) is 4.76. The zero-order chi connectivity index (χ0) is 18.6. The second-order valence-electron chi connectivity index (χ2n) is 6.74. The van der Waals surface area contributed by atoms with Crippen molar-refractivity contribution in [2.75, 3.05) is 18.8 Å². The van der Waals surface area contributed by atoms with Crippen LogP contribution in [0.5, 0.6) is 0 Å². The Hall–Kier alpha value is -2.53. The smallest absolute Gasteiger partial charge is 0.257 e. The molecule has 4 rings (SSSR count). The number of hydrogen-bond acceptors (Lipinski definition) is 3. The summed E-state index contributed by atoms with van der Waals surface area (Å²) in [6.45, 7) is 3.52. The maximum Gasteiger partial charge on any atom is 0.257 e. The lowest BCUT2D eigenvalue weighted by molar-refractivity contribution is 0.0766. The predicted octanol–water partition coefficient (Wildman–Crippen LogP) is 4.50. The van der Waals surface area contributed by atoms with Crippen molar-refractivity contribution in [3.8, 4) is 5.69 Å². The van der Waals surface area contributed by atoms with Crippen molar-refractivity contribution in [2.24, 2.45) is 0 Å². The van der Waals surface area contributed by atoms with Gasteiger partial charge in [0.1, 0.15) is 0 Å². The molecule has 27 heavy (non-hydrogen) atoms. The molecule has 1 aromatic heterocycles. The van der Waals surface area contributed by atoms with Gasteiger partial charge in [-0.2, -0.15) is 16.9 Å². The minimum Gasteiger partial charge on any atom is -0.338 e. The summed E-state index contributed by atoms with van der Waals surface area (Å²) in [7, 11) is 0. The highest BCUT2D eigenvalue weighted by molar-refractivity contribution is 7.99. The number of thioether (sulfide) groups is 1. The van der Waals surface area contributed by atoms with Gasteiger partial charge in [-0.05, 0) is 31.0 Å². The highest BCUT2D eigenvalue weighted by atomic mass is 32.2. The number of para-hydroxylation sites is 1. The fourth-order valence-electron chi connectivity index (χ4n) is 3.53. The van der Waals surface area contributed by atoms with E-state index in [1.54, 1.807) is 6.20 Å². The van der Waals surface area contributed by atoms with Gasteiger partial charge in [0.15, 0.2) is 0 Å². The van der Waals surface area contributed by atoms with Crippen LogP contribution in [0.2, 0.25) is 0 Å². The summed E-state index contributed by atoms with van der Waals surface area (Å²) in [6, 6.07) is 20.5. The summed E-state index contributed by atoms with van der Waals surface area (Å²) in [6.07, 6.45) is 2.68. The summed E-state index contributed by atoms with van der Waals surface area (Å²) in [5.41, 5.74) is 3.92. The van der Waals surface area contributed by atoms with Crippen LogP contribution in [0.4, 0.5) is 0 Å². The zero-order valence-corrected chi connectivity index (χ0v) is 16.2. The number of rotatable bonds is 3. The van der Waals surface area contributed by atoms with Crippen LogP contribution >= 0.6 is 11.8 Å². The van der Waals surface area contributed by atoms with Gasteiger partial charge in [0, 0.05) is 24.1 Å². The monoisotopic (exact) mass is 377 g/mol. The number of benzene rings is 2. The first-order valence-corrected chi connectivity index (χ1v) is 10.3. The maximum absolute atomic E-state index is 13.1. The molecule has 2 heterocycles. The van der Waals surface area contributed by atoms with E-state index >= 15 is 0 Å². The van der Waals surface area contributed by atoms with Crippen LogP contribution in [-0.4, -0.2) is 39.4 Å². The Labute approximate surface area is 164 Å². The van der Waals surface area contributed by atoms with Crippen molar-refractivity contribution in [1.82, 2.24) is 14.7 Å². The topological polar surface area (TPSA) is 38.1 Å². The van der Waals surface area contributed by atoms with E-state index in [2.05, 4.69) is 29.4 Å². The lowest BCUT2D eigenvalue weighted by Crippen LogP contribution is -2.33. The van der Waals surface area contributed by atoms with Gasteiger partial charge in [0.25, 0.3) is 5.91 Å². The second kappa shape index (κ2) is 8.01. The third kappa shape index (κ3) is 3.78. The van der Waals surface area contributed by atoms with Crippen molar-refractivity contribution >= 4 is 17.7 Å². The van der Waals surface area contributed by atoms with E-state index in [0.717, 1.165) is 36.6 Å². The number of hydrogen-bond donors (Lipinski definition) is 0. The van der Waals surface area contributed by atoms with Gasteiger partial charge in [-0.15, -0.1) is 0 Å². The molecule has 1 aliphatic rings. The standard InChI is InChI=1S/C22H23N3OS/c1-17-20(16-23-25(17)19-10-6-3-7-11-19)22(26)24-13-12-21(27-15-14-24)18-8-4-2-5-9-18/h2-11,16,21H,12-15H2,1H3/t21-/m1/s1. The Morgan fingerprint density at radius 2 is 1.74 bits per heavy atom. The number of carbonyl (C=O) groups is 1. The van der Waals surface area contributed by atoms with E-state index in [1.165, 1.54) is 5.56 Å². The molecule has 4 nitrogen and oxygen atoms in total. The molecular formula is C22H23N3OS. The van der Waals surface area contributed by atoms with Gasteiger partial charge < -0.3 is 4.90 Å². The third-order valence-electron chi connectivity index (χ3n) is 5.04. The first kappa shape index (κ1) is 17.9. The van der Waals surface area contributed by atoms with Crippen LogP contribution in [-0.2, 0) is 0 Å². The molecule has 2 aromatic carbocycles. The summed E-state index contributed by atoms with van der Waals surface area (Å²) in [5.74, 6) is 1.04. The van der Waals surface area contributed by atoms with E-state index in [4.69, 9.17) is 0 Å². The lowest BCUT2D eigenvalue weighted by Gasteiger charge is -2.20. The van der Waals surface area contributed by atoms with Crippen LogP contribution in [0.1, 0.15) is 33.3 Å². The fraction of sp³-hybridized carbons (Fsp3) is 0.273. The van der Waals surface area contributed by atoms with Crippen molar-refractivity contribution in [3.63, 3.8) is 0 Å². The first-order valence-electron chi connectivity index (χ1n) is 9.30. The molecule has 0 spiro atoms. The molecule has 0 N–H and O–H groups in total. The van der Waals surface area contributed by atoms with Gasteiger partial charge >= 0.3 is 0 Å². The van der Waals surface area contributed by atoms with Crippen LogP contribution in [0.3, 0.4) is 0 Å². The Morgan fingerprint density at radius 3 is 2.48 bits per heavy atom. The molecule has 0 unspecified atom stereocenters. The Bertz CT molecular complexity index is 908. The molecule has 138 valence electrons. The number of nitrogens with zero attached hydrogens (tertiary/aromatic N) is 3. The molecule has 3 aromatic rings. The van der Waals surface area contributed by atoms with Crippen LogP contribution in [0.25, 0.3) is 5.69 Å². The molecular weight excluding hydrogens is 354 g/mol. The quantitative estimate of drug-likeness (QED) is 0.674. The molecule has 1 amide bonds. The summed E-state index contributed by atoms with van der Waals surface area (Å²) in [5, 5.41) is 4.91. The molecule has 5 heteroatoms. The number of carbonyl (C=O) groups excluding carboxylic acids is 1. The molecule has 0 saturated carbocycles. The van der Waals surface area contributed by atoms with Crippen molar-refractivity contribution in [2.45, 2.75) is 18.6 Å². The average molecular weight is 378 g/mol. The number of amides is 1. The Balaban J connectivity index is 1.50. The van der Waals surface area contributed by atoms with Crippen LogP contribution in [0.15, 0.2) is 66.9 Å². The molecule has 1 aliphatic heterocycles. The highest BCUT2D eigenvalue weighted by Gasteiger charge is 2.25. The Kier molecular flexibility index (Phi) is 5.30. The summed E-state index contributed by atoms with van der Waals surface area (Å²) >= 11 is 1.95. The lowest BCUT2D eigenvalue weighted by atomic mass is 10.1. The third-order valence-corrected chi connectivity index (χ3v) is 6.37. The van der Waals surface area contributed by atoms with Gasteiger partial charge in [-0.1, -0.05) is 48.5 Å². The summed E-state index contributed by atoms with van der Waals surface area (Å²) in [4.78, 5) is 15.1. The van der Waals surface area contributed by atoms with E-state index in [-0.39, 0.29) is 5.91 Å². The molecule has 1 fully saturated rings. The van der Waals surface area contributed by atoms with E-state index in [0.29, 0.717) is 10.8 Å². The molecule has 0 aliphatic carbocycles. The maximum atomic E-state index is 13.1. The molecule has 1 saturated heterocycles. The van der Waals surface area contributed by atoms with Gasteiger partial charge in [-0.3, -0.25) is 4.79 Å². The Morgan fingerprint density at radius 1 is 1.04 bits per heavy atom. The highest BCUT2D eigenvalue weighted by Crippen LogP contribution is 2.34. The van der Waals surface area contributed by atoms with Gasteiger partial charge in [-0.25, -0.2) is 4.68 Å². The zero-order valence-electron chi connectivity index (χ0n) is 15.4. The molecule has 0 radical (unpaired) electrons. The minimum absolute atomic E-state index is 0.0870. The van der Waals surface area contributed by atoms with Crippen LogP contribution in [0, 0.1) is 6.92 Å². The predicted molar refractivity (Wildman–Crippen MR) is 110 cm³/mol. The van der Waals surface area contributed by atoms with E-state index in [9.17, 15) is 4.79 Å². The SMILES string of the molecule is Cc1c(C(=O)N2CCS[C@@H](c3ccccc3)CC2)cnn1-c1ccccc1. The van der Waals surface area contributed by atoms with E-state index in [1.807, 2.05) is 64.7 Å². The molecule has 0 bridgehead atoms.